The monoisotopic (exact) mass is 318 g/mol. The van der Waals surface area contributed by atoms with Crippen molar-refractivity contribution in [3.63, 3.8) is 0 Å². The Labute approximate surface area is 137 Å². The lowest BCUT2D eigenvalue weighted by molar-refractivity contribution is 0.0262. The van der Waals surface area contributed by atoms with Crippen LogP contribution in [0.25, 0.3) is 0 Å². The van der Waals surface area contributed by atoms with Crippen molar-refractivity contribution in [1.82, 2.24) is 15.5 Å². The van der Waals surface area contributed by atoms with Gasteiger partial charge in [-0.05, 0) is 37.3 Å². The third-order valence-corrected chi connectivity index (χ3v) is 5.31. The van der Waals surface area contributed by atoms with Crippen molar-refractivity contribution in [1.29, 1.82) is 0 Å². The molecule has 6 heteroatoms. The molecule has 126 valence electrons. The van der Waals surface area contributed by atoms with Gasteiger partial charge in [-0.25, -0.2) is 0 Å². The number of rotatable bonds is 5. The molecule has 1 unspecified atom stereocenters. The van der Waals surface area contributed by atoms with E-state index < -0.39 is 5.60 Å². The maximum absolute atomic E-state index is 10.2. The highest BCUT2D eigenvalue weighted by atomic mass is 16.5. The number of aliphatic hydroxyl groups is 1. The lowest BCUT2D eigenvalue weighted by Crippen LogP contribution is -2.53. The van der Waals surface area contributed by atoms with Crippen molar-refractivity contribution in [3.05, 3.63) is 17.3 Å². The summed E-state index contributed by atoms with van der Waals surface area (Å²) in [6, 6.07) is 2.24. The quantitative estimate of drug-likeness (QED) is 0.825. The van der Waals surface area contributed by atoms with Gasteiger partial charge in [-0.1, -0.05) is 0 Å². The second kappa shape index (κ2) is 6.34. The Morgan fingerprint density at radius 3 is 3.00 bits per heavy atom. The molecule has 0 saturated carbocycles. The number of aryl methyl sites for hydroxylation is 2. The molecule has 0 aromatic carbocycles. The van der Waals surface area contributed by atoms with Gasteiger partial charge in [0.1, 0.15) is 5.60 Å². The number of nitrogens with one attached hydrogen (secondary N) is 1. The molecule has 3 aliphatic rings. The van der Waals surface area contributed by atoms with E-state index in [4.69, 9.17) is 4.74 Å². The number of ether oxygens (including phenoxy) is 1. The molecule has 0 radical (unpaired) electrons. The van der Waals surface area contributed by atoms with Crippen molar-refractivity contribution < 1.29 is 9.84 Å². The first-order chi connectivity index (χ1) is 11.2. The molecule has 2 saturated heterocycles. The van der Waals surface area contributed by atoms with Crippen LogP contribution in [0.5, 0.6) is 0 Å². The van der Waals surface area contributed by atoms with E-state index in [0.717, 1.165) is 44.7 Å². The normalized spacial score (nSPS) is 27.8. The first kappa shape index (κ1) is 15.3. The van der Waals surface area contributed by atoms with Crippen LogP contribution in [0.1, 0.15) is 30.5 Å². The lowest BCUT2D eigenvalue weighted by Gasteiger charge is -2.40. The van der Waals surface area contributed by atoms with E-state index in [2.05, 4.69) is 26.5 Å². The number of anilines is 1. The van der Waals surface area contributed by atoms with Gasteiger partial charge in [0.2, 0.25) is 0 Å². The number of aromatic nitrogens is 2. The molecule has 2 aliphatic heterocycles. The van der Waals surface area contributed by atoms with Gasteiger partial charge in [-0.15, -0.1) is 5.10 Å². The highest BCUT2D eigenvalue weighted by molar-refractivity contribution is 5.44. The minimum absolute atomic E-state index is 0.460. The average Bonchev–Trinajstić information content (AvgIpc) is 2.96. The van der Waals surface area contributed by atoms with E-state index in [-0.39, 0.29) is 0 Å². The fraction of sp³-hybridized carbons (Fsp3) is 0.765. The number of nitrogens with zero attached hydrogens (tertiary/aromatic N) is 3. The average molecular weight is 318 g/mol. The molecule has 2 N–H and O–H groups in total. The molecule has 0 amide bonds. The largest absolute Gasteiger partial charge is 0.386 e. The van der Waals surface area contributed by atoms with E-state index in [1.54, 1.807) is 0 Å². The Balaban J connectivity index is 1.23. The standard InChI is InChI=1S/C17H26N4O2/c22-17(5-6-23-12-17)11-18-8-13-9-21(10-13)16-7-14-3-1-2-4-15(14)19-20-16/h7,13,18,22H,1-6,8-12H2. The molecule has 1 aromatic rings. The second-order valence-electron chi connectivity index (χ2n) is 7.31. The van der Waals surface area contributed by atoms with Crippen molar-refractivity contribution in [2.45, 2.75) is 37.7 Å². The number of hydrogen-bond acceptors (Lipinski definition) is 6. The Kier molecular flexibility index (Phi) is 4.22. The number of hydrogen-bond donors (Lipinski definition) is 2. The van der Waals surface area contributed by atoms with E-state index >= 15 is 0 Å². The summed E-state index contributed by atoms with van der Waals surface area (Å²) in [7, 11) is 0. The zero-order valence-electron chi connectivity index (χ0n) is 13.6. The summed E-state index contributed by atoms with van der Waals surface area (Å²) in [5.41, 5.74) is 1.94. The lowest BCUT2D eigenvalue weighted by atomic mass is 9.95. The summed E-state index contributed by atoms with van der Waals surface area (Å²) in [5.74, 6) is 1.66. The van der Waals surface area contributed by atoms with Gasteiger partial charge in [0.25, 0.3) is 0 Å². The van der Waals surface area contributed by atoms with Gasteiger partial charge in [0, 0.05) is 45.1 Å². The molecule has 6 nitrogen and oxygen atoms in total. The molecule has 0 spiro atoms. The maximum atomic E-state index is 10.2. The van der Waals surface area contributed by atoms with Crippen molar-refractivity contribution >= 4 is 5.82 Å². The zero-order chi connectivity index (χ0) is 15.7. The molecular formula is C17H26N4O2. The highest BCUT2D eigenvalue weighted by Crippen LogP contribution is 2.26. The molecule has 1 atom stereocenters. The predicted molar refractivity (Wildman–Crippen MR) is 87.6 cm³/mol. The van der Waals surface area contributed by atoms with Gasteiger partial charge in [-0.2, -0.15) is 5.10 Å². The fourth-order valence-electron chi connectivity index (χ4n) is 3.76. The molecule has 2 fully saturated rings. The third-order valence-electron chi connectivity index (χ3n) is 5.31. The van der Waals surface area contributed by atoms with Gasteiger partial charge in [0.15, 0.2) is 5.82 Å². The predicted octanol–water partition coefficient (Wildman–Crippen LogP) is 0.533. The van der Waals surface area contributed by atoms with Gasteiger partial charge < -0.3 is 20.1 Å². The summed E-state index contributed by atoms with van der Waals surface area (Å²) in [6.07, 6.45) is 5.49. The van der Waals surface area contributed by atoms with Crippen molar-refractivity contribution in [2.75, 3.05) is 44.3 Å². The van der Waals surface area contributed by atoms with Crippen molar-refractivity contribution in [2.24, 2.45) is 5.92 Å². The molecule has 1 aliphatic carbocycles. The van der Waals surface area contributed by atoms with Gasteiger partial charge >= 0.3 is 0 Å². The minimum atomic E-state index is -0.659. The Bertz CT molecular complexity index is 554. The molecule has 23 heavy (non-hydrogen) atoms. The topological polar surface area (TPSA) is 70.5 Å². The minimum Gasteiger partial charge on any atom is -0.386 e. The molecule has 4 rings (SSSR count). The summed E-state index contributed by atoms with van der Waals surface area (Å²) >= 11 is 0. The first-order valence-electron chi connectivity index (χ1n) is 8.83. The van der Waals surface area contributed by atoms with Crippen molar-refractivity contribution in [3.8, 4) is 0 Å². The van der Waals surface area contributed by atoms with Crippen LogP contribution >= 0.6 is 0 Å². The molecule has 3 heterocycles. The molecule has 0 bridgehead atoms. The Hall–Kier alpha value is -1.24. The van der Waals surface area contributed by atoms with Crippen LogP contribution < -0.4 is 10.2 Å². The summed E-state index contributed by atoms with van der Waals surface area (Å²) < 4.78 is 5.26. The summed E-state index contributed by atoms with van der Waals surface area (Å²) in [6.45, 7) is 4.75. The van der Waals surface area contributed by atoms with Crippen LogP contribution in [-0.2, 0) is 17.6 Å². The van der Waals surface area contributed by atoms with Gasteiger partial charge in [0.05, 0.1) is 12.3 Å². The highest BCUT2D eigenvalue weighted by Gasteiger charge is 2.33. The van der Waals surface area contributed by atoms with Crippen LogP contribution in [-0.4, -0.2) is 60.3 Å². The van der Waals surface area contributed by atoms with Crippen LogP contribution in [0.2, 0.25) is 0 Å². The second-order valence-corrected chi connectivity index (χ2v) is 7.31. The molecular weight excluding hydrogens is 292 g/mol. The number of fused-ring (bicyclic) bond motifs is 1. The first-order valence-corrected chi connectivity index (χ1v) is 8.83. The van der Waals surface area contributed by atoms with Crippen LogP contribution in [0.15, 0.2) is 6.07 Å². The smallest absolute Gasteiger partial charge is 0.151 e. The Morgan fingerprint density at radius 2 is 2.17 bits per heavy atom. The summed E-state index contributed by atoms with van der Waals surface area (Å²) in [4.78, 5) is 2.31. The van der Waals surface area contributed by atoms with E-state index in [1.807, 2.05) is 0 Å². The van der Waals surface area contributed by atoms with E-state index in [1.165, 1.54) is 24.1 Å². The van der Waals surface area contributed by atoms with Crippen LogP contribution in [0.3, 0.4) is 0 Å². The SMILES string of the molecule is OC1(CNCC2CN(c3cc4c(nn3)CCCC4)C2)CCOC1. The molecule has 1 aromatic heterocycles. The maximum Gasteiger partial charge on any atom is 0.151 e. The third kappa shape index (κ3) is 3.34. The van der Waals surface area contributed by atoms with Crippen LogP contribution in [0.4, 0.5) is 5.82 Å². The Morgan fingerprint density at radius 1 is 1.30 bits per heavy atom. The fourth-order valence-corrected chi connectivity index (χ4v) is 3.76. The summed E-state index contributed by atoms with van der Waals surface area (Å²) in [5, 5.41) is 22.4. The van der Waals surface area contributed by atoms with Gasteiger partial charge in [-0.3, -0.25) is 0 Å². The zero-order valence-corrected chi connectivity index (χ0v) is 13.6. The van der Waals surface area contributed by atoms with E-state index in [9.17, 15) is 5.11 Å². The van der Waals surface area contributed by atoms with Crippen LogP contribution in [0, 0.1) is 5.92 Å². The van der Waals surface area contributed by atoms with E-state index in [0.29, 0.717) is 25.7 Å².